The van der Waals surface area contributed by atoms with Crippen LogP contribution in [0.3, 0.4) is 0 Å². The van der Waals surface area contributed by atoms with Crippen LogP contribution in [0.2, 0.25) is 0 Å². The van der Waals surface area contributed by atoms with Crippen LogP contribution in [0, 0.1) is 5.92 Å². The van der Waals surface area contributed by atoms with E-state index < -0.39 is 46.1 Å². The largest absolute Gasteiger partial charge is 0.497 e. The van der Waals surface area contributed by atoms with Gasteiger partial charge >= 0.3 is 11.9 Å². The van der Waals surface area contributed by atoms with Crippen molar-refractivity contribution in [2.75, 3.05) is 18.6 Å². The summed E-state index contributed by atoms with van der Waals surface area (Å²) in [6.45, 7) is 8.49. The van der Waals surface area contributed by atoms with Crippen molar-refractivity contribution in [2.24, 2.45) is 11.1 Å². The number of esters is 2. The molecule has 1 fully saturated rings. The number of nitrogen functional groups attached to an aromatic ring is 1. The molecule has 0 spiro atoms. The van der Waals surface area contributed by atoms with Gasteiger partial charge in [0.1, 0.15) is 29.3 Å². The van der Waals surface area contributed by atoms with Crippen LogP contribution in [-0.4, -0.2) is 68.7 Å². The summed E-state index contributed by atoms with van der Waals surface area (Å²) in [6, 6.07) is 12.8. The third-order valence-corrected chi connectivity index (χ3v) is 9.79. The molecule has 3 aromatic rings. The molecule has 50 heavy (non-hydrogen) atoms. The number of carbonyl (C=O) groups excluding carboxylic acids is 4. The number of carbonyl (C=O) groups is 4. The normalized spacial score (nSPS) is 17.8. The van der Waals surface area contributed by atoms with Crippen LogP contribution in [0.4, 0.5) is 5.13 Å². The van der Waals surface area contributed by atoms with Gasteiger partial charge in [0.05, 0.1) is 18.4 Å². The summed E-state index contributed by atoms with van der Waals surface area (Å²) >= 11 is 2.57. The van der Waals surface area contributed by atoms with Crippen molar-refractivity contribution < 1.29 is 42.8 Å². The number of thiazole rings is 1. The van der Waals surface area contributed by atoms with E-state index in [4.69, 9.17) is 24.8 Å². The van der Waals surface area contributed by atoms with Crippen LogP contribution in [0.15, 0.2) is 76.7 Å². The first-order valence-electron chi connectivity index (χ1n) is 15.8. The molecule has 0 aliphatic carbocycles. The van der Waals surface area contributed by atoms with Crippen molar-refractivity contribution in [2.45, 2.75) is 70.8 Å². The zero-order chi connectivity index (χ0) is 36.2. The van der Waals surface area contributed by atoms with Gasteiger partial charge in [-0.2, -0.15) is 0 Å². The highest BCUT2D eigenvalue weighted by molar-refractivity contribution is 8.00. The first kappa shape index (κ1) is 36.5. The summed E-state index contributed by atoms with van der Waals surface area (Å²) in [5.74, 6) is -1.89. The fraction of sp³-hybridized carbons (Fsp3) is 0.400. The Labute approximate surface area is 298 Å². The van der Waals surface area contributed by atoms with Gasteiger partial charge in [-0.15, -0.1) is 23.1 Å². The minimum Gasteiger partial charge on any atom is -0.497 e. The number of hydrogen-bond donors (Lipinski definition) is 1. The molecular weight excluding hydrogens is 683 g/mol. The minimum absolute atomic E-state index is 0.00389. The molecule has 5 rings (SSSR count). The van der Waals surface area contributed by atoms with Crippen LogP contribution >= 0.6 is 23.1 Å². The number of thioether (sulfide) groups is 1. The van der Waals surface area contributed by atoms with E-state index in [0.29, 0.717) is 18.0 Å². The van der Waals surface area contributed by atoms with Gasteiger partial charge in [0.15, 0.2) is 35.6 Å². The molecule has 2 aliphatic rings. The van der Waals surface area contributed by atoms with Gasteiger partial charge in [-0.25, -0.2) is 19.1 Å². The van der Waals surface area contributed by atoms with E-state index >= 15 is 0 Å². The van der Waals surface area contributed by atoms with E-state index in [9.17, 15) is 19.2 Å². The molecule has 13 nitrogen and oxygen atoms in total. The standard InChI is InChI=1S/C35H40N5O8S2/c1-34(2,3)47-32(44)35(4,5)48-38-27(25-20-50-33(36)37-25)26(41)16-24-29(42)40-28(31(43)46-18-21-10-12-23(45-6)13-11-21)22(19-49-30(24)40)17-39-14-8-7-9-15-39/h7-15,20,24,30H,16-19H2,1-6H3,(H2,36,37)/q+1/b38-27-/t24-,30?/m1/s1. The SMILES string of the molecule is COc1ccc(COC(=O)C2=C(C[n+]3ccccc3)CSC3[C@H](CC(=O)/C(=N\OC(C)(C)C(=O)OC(C)(C)C)c4csc(N)n4)C(=O)N23)cc1. The van der Waals surface area contributed by atoms with Crippen molar-refractivity contribution >= 4 is 57.6 Å². The second-order valence-electron chi connectivity index (χ2n) is 13.2. The Hall–Kier alpha value is -4.76. The third-order valence-electron chi connectivity index (χ3n) is 7.72. The Morgan fingerprint density at radius 1 is 1.08 bits per heavy atom. The topological polar surface area (TPSA) is 164 Å². The molecule has 4 heterocycles. The molecule has 15 heteroatoms. The Bertz CT molecular complexity index is 1820. The molecule has 1 aromatic carbocycles. The van der Waals surface area contributed by atoms with Crippen LogP contribution in [-0.2, 0) is 46.6 Å². The van der Waals surface area contributed by atoms with Gasteiger partial charge in [-0.3, -0.25) is 14.5 Å². The molecule has 264 valence electrons. The molecule has 1 unspecified atom stereocenters. The van der Waals surface area contributed by atoms with Gasteiger partial charge in [-0.1, -0.05) is 23.4 Å². The zero-order valence-corrected chi connectivity index (χ0v) is 30.3. The van der Waals surface area contributed by atoms with Crippen molar-refractivity contribution in [3.05, 3.63) is 82.8 Å². The summed E-state index contributed by atoms with van der Waals surface area (Å²) in [6.07, 6.45) is 3.51. The fourth-order valence-electron chi connectivity index (χ4n) is 5.16. The van der Waals surface area contributed by atoms with E-state index in [0.717, 1.165) is 22.5 Å². The number of amides is 1. The number of pyridine rings is 1. The molecule has 1 amide bonds. The predicted molar refractivity (Wildman–Crippen MR) is 187 cm³/mol. The summed E-state index contributed by atoms with van der Waals surface area (Å²) in [7, 11) is 1.57. The fourth-order valence-corrected chi connectivity index (χ4v) is 7.11. The van der Waals surface area contributed by atoms with Crippen molar-refractivity contribution in [1.29, 1.82) is 0 Å². The van der Waals surface area contributed by atoms with Gasteiger partial charge in [0.25, 0.3) is 0 Å². The number of fused-ring (bicyclic) bond motifs is 1. The minimum atomic E-state index is -1.54. The summed E-state index contributed by atoms with van der Waals surface area (Å²) in [5.41, 5.74) is 5.17. The Morgan fingerprint density at radius 3 is 2.40 bits per heavy atom. The molecular formula is C35H40N5O8S2+. The second-order valence-corrected chi connectivity index (χ2v) is 15.2. The summed E-state index contributed by atoms with van der Waals surface area (Å²) in [5, 5.41) is 5.32. The third kappa shape index (κ3) is 8.51. The maximum Gasteiger partial charge on any atom is 0.355 e. The molecule has 0 radical (unpaired) electrons. The van der Waals surface area contributed by atoms with Crippen molar-refractivity contribution in [3.8, 4) is 5.75 Å². The number of oxime groups is 1. The average Bonchev–Trinajstić information content (AvgIpc) is 3.51. The van der Waals surface area contributed by atoms with Crippen LogP contribution < -0.4 is 15.0 Å². The second kappa shape index (κ2) is 15.0. The molecule has 2 aliphatic heterocycles. The number of Topliss-reactive ketones (excluding diaryl/α,β-unsaturated/α-hetero) is 1. The predicted octanol–water partition coefficient (Wildman–Crippen LogP) is 4.05. The Balaban J connectivity index is 1.36. The van der Waals surface area contributed by atoms with E-state index in [-0.39, 0.29) is 35.3 Å². The van der Waals surface area contributed by atoms with E-state index in [1.165, 1.54) is 30.5 Å². The van der Waals surface area contributed by atoms with Crippen LogP contribution in [0.5, 0.6) is 5.75 Å². The zero-order valence-electron chi connectivity index (χ0n) is 28.7. The molecule has 2 N–H and O–H groups in total. The van der Waals surface area contributed by atoms with E-state index in [1.807, 2.05) is 35.2 Å². The number of methoxy groups -OCH3 is 1. The van der Waals surface area contributed by atoms with E-state index in [2.05, 4.69) is 10.1 Å². The first-order valence-corrected chi connectivity index (χ1v) is 17.7. The van der Waals surface area contributed by atoms with Gasteiger partial charge in [-0.05, 0) is 52.3 Å². The van der Waals surface area contributed by atoms with Crippen LogP contribution in [0.25, 0.3) is 0 Å². The van der Waals surface area contributed by atoms with Crippen molar-refractivity contribution in [3.63, 3.8) is 0 Å². The molecule has 0 saturated carbocycles. The summed E-state index contributed by atoms with van der Waals surface area (Å²) in [4.78, 5) is 65.3. The number of β-lactam (4-membered cyclic amide) rings is 1. The quantitative estimate of drug-likeness (QED) is 0.0890. The lowest BCUT2D eigenvalue weighted by atomic mass is 9.89. The highest BCUT2D eigenvalue weighted by Crippen LogP contribution is 2.45. The maximum absolute atomic E-state index is 13.8. The molecule has 2 aromatic heterocycles. The number of benzene rings is 1. The molecule has 2 atom stereocenters. The Kier molecular flexibility index (Phi) is 11.0. The van der Waals surface area contributed by atoms with Gasteiger partial charge < -0.3 is 24.8 Å². The lowest BCUT2D eigenvalue weighted by molar-refractivity contribution is -0.689. The number of aromatic nitrogens is 2. The van der Waals surface area contributed by atoms with Crippen LogP contribution in [0.1, 0.15) is 52.3 Å². The summed E-state index contributed by atoms with van der Waals surface area (Å²) < 4.78 is 18.3. The van der Waals surface area contributed by atoms with Crippen molar-refractivity contribution in [1.82, 2.24) is 9.88 Å². The lowest BCUT2D eigenvalue weighted by Gasteiger charge is -2.49. The maximum atomic E-state index is 13.8. The molecule has 1 saturated heterocycles. The first-order chi connectivity index (χ1) is 23.7. The number of ketones is 1. The molecule has 0 bridgehead atoms. The number of nitrogens with two attached hydrogens (primary N) is 1. The smallest absolute Gasteiger partial charge is 0.355 e. The average molecular weight is 723 g/mol. The van der Waals surface area contributed by atoms with E-state index in [1.54, 1.807) is 57.5 Å². The lowest BCUT2D eigenvalue weighted by Crippen LogP contribution is -2.62. The number of hydrogen-bond acceptors (Lipinski definition) is 13. The number of anilines is 1. The van der Waals surface area contributed by atoms with Gasteiger partial charge in [0.2, 0.25) is 11.5 Å². The number of nitrogens with zero attached hydrogens (tertiary/aromatic N) is 4. The highest BCUT2D eigenvalue weighted by Gasteiger charge is 2.55. The monoisotopic (exact) mass is 722 g/mol. The number of rotatable bonds is 13. The number of ether oxygens (including phenoxy) is 3. The highest BCUT2D eigenvalue weighted by atomic mass is 32.2. The van der Waals surface area contributed by atoms with Gasteiger partial charge in [0, 0.05) is 35.3 Å². The Morgan fingerprint density at radius 2 is 1.78 bits per heavy atom.